The van der Waals surface area contributed by atoms with Gasteiger partial charge in [-0.1, -0.05) is 26.7 Å². The summed E-state index contributed by atoms with van der Waals surface area (Å²) in [5.74, 6) is -0.104. The lowest BCUT2D eigenvalue weighted by molar-refractivity contribution is -0.155. The fraction of sp³-hybridized carbons (Fsp3) is 0.875. The van der Waals surface area contributed by atoms with Crippen LogP contribution in [0.25, 0.3) is 0 Å². The minimum Gasteiger partial charge on any atom is -0.428 e. The SMILES string of the molecule is CC(C)C(=O)OCOC(=O)NC(O)CCC1CCCC(C[PH](=O)O)C1. The van der Waals surface area contributed by atoms with Crippen LogP contribution >= 0.6 is 8.03 Å². The van der Waals surface area contributed by atoms with Gasteiger partial charge in [0, 0.05) is 6.16 Å². The normalized spacial score (nSPS) is 22.9. The van der Waals surface area contributed by atoms with Crippen LogP contribution in [-0.2, 0) is 18.8 Å². The molecule has 1 aliphatic rings. The van der Waals surface area contributed by atoms with Crippen molar-refractivity contribution in [3.05, 3.63) is 0 Å². The predicted octanol–water partition coefficient (Wildman–Crippen LogP) is 2.24. The number of amides is 1. The summed E-state index contributed by atoms with van der Waals surface area (Å²) in [6.07, 6.45) is 3.54. The molecule has 0 aromatic carbocycles. The average molecular weight is 379 g/mol. The summed E-state index contributed by atoms with van der Waals surface area (Å²) in [5.41, 5.74) is 0. The summed E-state index contributed by atoms with van der Waals surface area (Å²) in [7, 11) is -2.43. The molecule has 1 aliphatic carbocycles. The van der Waals surface area contributed by atoms with E-state index in [0.29, 0.717) is 18.5 Å². The van der Waals surface area contributed by atoms with Gasteiger partial charge in [0.25, 0.3) is 0 Å². The van der Waals surface area contributed by atoms with Crippen LogP contribution in [0, 0.1) is 17.8 Å². The number of esters is 1. The Labute approximate surface area is 149 Å². The smallest absolute Gasteiger partial charge is 0.412 e. The number of hydrogen-bond donors (Lipinski definition) is 3. The van der Waals surface area contributed by atoms with Gasteiger partial charge in [-0.3, -0.25) is 14.7 Å². The number of rotatable bonds is 9. The van der Waals surface area contributed by atoms with Crippen molar-refractivity contribution in [2.75, 3.05) is 13.0 Å². The van der Waals surface area contributed by atoms with Gasteiger partial charge in [-0.05, 0) is 37.5 Å². The average Bonchev–Trinajstić information content (AvgIpc) is 2.52. The number of carbonyl (C=O) groups excluding carboxylic acids is 2. The van der Waals surface area contributed by atoms with Crippen molar-refractivity contribution in [2.24, 2.45) is 17.8 Å². The first-order valence-electron chi connectivity index (χ1n) is 8.77. The van der Waals surface area contributed by atoms with Gasteiger partial charge in [0.1, 0.15) is 6.23 Å². The van der Waals surface area contributed by atoms with Gasteiger partial charge in [0.05, 0.1) is 5.92 Å². The molecule has 0 aliphatic heterocycles. The van der Waals surface area contributed by atoms with Gasteiger partial charge in [0.15, 0.2) is 8.03 Å². The standard InChI is InChI=1S/C16H30NO7P/c1-11(2)15(19)23-10-24-16(20)17-14(18)7-6-12-4-3-5-13(8-12)9-25(21)22/h11-14,18,25H,3-10H2,1-2H3,(H,17,20)(H,21,22). The van der Waals surface area contributed by atoms with Crippen molar-refractivity contribution < 1.29 is 33.6 Å². The summed E-state index contributed by atoms with van der Waals surface area (Å²) in [5, 5.41) is 12.1. The highest BCUT2D eigenvalue weighted by Crippen LogP contribution is 2.35. The van der Waals surface area contributed by atoms with Crippen LogP contribution in [0.15, 0.2) is 0 Å². The van der Waals surface area contributed by atoms with Crippen LogP contribution < -0.4 is 5.32 Å². The number of carbonyl (C=O) groups is 2. The highest BCUT2D eigenvalue weighted by Gasteiger charge is 2.24. The molecule has 8 nitrogen and oxygen atoms in total. The zero-order valence-electron chi connectivity index (χ0n) is 14.9. The third-order valence-electron chi connectivity index (χ3n) is 4.35. The van der Waals surface area contributed by atoms with Gasteiger partial charge in [-0.25, -0.2) is 4.79 Å². The molecule has 0 radical (unpaired) electrons. The Bertz CT molecular complexity index is 458. The molecule has 1 saturated carbocycles. The monoisotopic (exact) mass is 379 g/mol. The maximum atomic E-state index is 11.5. The first-order chi connectivity index (χ1) is 11.8. The van der Waals surface area contributed by atoms with Crippen molar-refractivity contribution in [2.45, 2.75) is 58.6 Å². The summed E-state index contributed by atoms with van der Waals surface area (Å²) in [6.45, 7) is 2.85. The quantitative estimate of drug-likeness (QED) is 0.319. The van der Waals surface area contributed by atoms with Crippen molar-refractivity contribution in [3.8, 4) is 0 Å². The molecule has 1 rings (SSSR count). The van der Waals surface area contributed by atoms with Crippen LogP contribution in [0.2, 0.25) is 0 Å². The van der Waals surface area contributed by atoms with E-state index in [4.69, 9.17) is 9.63 Å². The highest BCUT2D eigenvalue weighted by atomic mass is 31.1. The Balaban J connectivity index is 2.19. The van der Waals surface area contributed by atoms with E-state index in [0.717, 1.165) is 32.1 Å². The Morgan fingerprint density at radius 2 is 1.92 bits per heavy atom. The summed E-state index contributed by atoms with van der Waals surface area (Å²) in [6, 6.07) is 0. The van der Waals surface area contributed by atoms with E-state index >= 15 is 0 Å². The Morgan fingerprint density at radius 1 is 1.24 bits per heavy atom. The summed E-state index contributed by atoms with van der Waals surface area (Å²) in [4.78, 5) is 31.7. The molecular formula is C16H30NO7P. The zero-order valence-corrected chi connectivity index (χ0v) is 15.9. The van der Waals surface area contributed by atoms with E-state index in [1.807, 2.05) is 0 Å². The fourth-order valence-electron chi connectivity index (χ4n) is 3.05. The molecule has 0 spiro atoms. The van der Waals surface area contributed by atoms with E-state index in [2.05, 4.69) is 10.1 Å². The molecule has 0 saturated heterocycles. The maximum absolute atomic E-state index is 11.5. The minimum absolute atomic E-state index is 0.279. The van der Waals surface area contributed by atoms with Crippen LogP contribution in [0.4, 0.5) is 4.79 Å². The predicted molar refractivity (Wildman–Crippen MR) is 92.2 cm³/mol. The lowest BCUT2D eigenvalue weighted by atomic mass is 9.80. The number of aliphatic hydroxyl groups is 1. The second-order valence-electron chi connectivity index (χ2n) is 6.90. The molecule has 25 heavy (non-hydrogen) atoms. The molecule has 9 heteroatoms. The van der Waals surface area contributed by atoms with E-state index in [-0.39, 0.29) is 11.8 Å². The molecular weight excluding hydrogens is 349 g/mol. The fourth-order valence-corrected chi connectivity index (χ4v) is 3.91. The maximum Gasteiger partial charge on any atom is 0.412 e. The van der Waals surface area contributed by atoms with Crippen LogP contribution in [0.5, 0.6) is 0 Å². The van der Waals surface area contributed by atoms with Crippen molar-refractivity contribution in [3.63, 3.8) is 0 Å². The number of hydrogen-bond acceptors (Lipinski definition) is 6. The third-order valence-corrected chi connectivity index (χ3v) is 5.28. The van der Waals surface area contributed by atoms with E-state index in [1.54, 1.807) is 13.8 Å². The summed E-state index contributed by atoms with van der Waals surface area (Å²) >= 11 is 0. The molecule has 0 bridgehead atoms. The number of nitrogens with one attached hydrogen (secondary N) is 1. The number of ether oxygens (including phenoxy) is 2. The van der Waals surface area contributed by atoms with Gasteiger partial charge >= 0.3 is 12.1 Å². The minimum atomic E-state index is -2.43. The summed E-state index contributed by atoms with van der Waals surface area (Å²) < 4.78 is 20.4. The number of aliphatic hydroxyl groups excluding tert-OH is 1. The van der Waals surface area contributed by atoms with Gasteiger partial charge in [-0.2, -0.15) is 0 Å². The topological polar surface area (TPSA) is 122 Å². The molecule has 1 amide bonds. The van der Waals surface area contributed by atoms with Crippen molar-refractivity contribution >= 4 is 20.1 Å². The first kappa shape index (κ1) is 21.9. The van der Waals surface area contributed by atoms with Crippen LogP contribution in [0.3, 0.4) is 0 Å². The molecule has 4 atom stereocenters. The van der Waals surface area contributed by atoms with Gasteiger partial charge in [-0.15, -0.1) is 0 Å². The second kappa shape index (κ2) is 11.5. The molecule has 146 valence electrons. The Kier molecular flexibility index (Phi) is 10.1. The van der Waals surface area contributed by atoms with Crippen molar-refractivity contribution in [1.82, 2.24) is 5.32 Å². The lowest BCUT2D eigenvalue weighted by Crippen LogP contribution is -2.36. The van der Waals surface area contributed by atoms with Crippen molar-refractivity contribution in [1.29, 1.82) is 0 Å². The van der Waals surface area contributed by atoms with Gasteiger partial charge in [0.2, 0.25) is 6.79 Å². The Hall–Kier alpha value is -1.11. The third kappa shape index (κ3) is 9.82. The van der Waals surface area contributed by atoms with Crippen LogP contribution in [-0.4, -0.2) is 41.2 Å². The van der Waals surface area contributed by atoms with E-state index < -0.39 is 33.1 Å². The molecule has 1 fully saturated rings. The molecule has 0 aromatic heterocycles. The van der Waals surface area contributed by atoms with E-state index in [1.165, 1.54) is 0 Å². The Morgan fingerprint density at radius 3 is 2.56 bits per heavy atom. The van der Waals surface area contributed by atoms with Crippen LogP contribution in [0.1, 0.15) is 52.4 Å². The molecule has 3 N–H and O–H groups in total. The molecule has 0 heterocycles. The first-order valence-corrected chi connectivity index (χ1v) is 10.3. The number of alkyl carbamates (subject to hydrolysis) is 1. The largest absolute Gasteiger partial charge is 0.428 e. The molecule has 4 unspecified atom stereocenters. The van der Waals surface area contributed by atoms with Gasteiger partial charge < -0.3 is 19.5 Å². The zero-order chi connectivity index (χ0) is 18.8. The lowest BCUT2D eigenvalue weighted by Gasteiger charge is -2.29. The van der Waals surface area contributed by atoms with E-state index in [9.17, 15) is 19.3 Å². The highest BCUT2D eigenvalue weighted by molar-refractivity contribution is 7.38. The molecule has 0 aromatic rings. The second-order valence-corrected chi connectivity index (χ2v) is 8.10.